The van der Waals surface area contributed by atoms with Crippen LogP contribution in [0.3, 0.4) is 0 Å². The van der Waals surface area contributed by atoms with Crippen LogP contribution in [0.4, 0.5) is 0 Å². The van der Waals surface area contributed by atoms with Crippen molar-refractivity contribution >= 4 is 11.8 Å². The molecular formula is C26H36N2O4. The number of hydrogen-bond acceptors (Lipinski definition) is 4. The first kappa shape index (κ1) is 25.2. The topological polar surface area (TPSA) is 67.9 Å². The summed E-state index contributed by atoms with van der Waals surface area (Å²) in [6, 6.07) is 16.7. The fraction of sp³-hybridized carbons (Fsp3) is 0.462. The molecule has 0 aromatic heterocycles. The van der Waals surface area contributed by atoms with Gasteiger partial charge in [-0.3, -0.25) is 9.59 Å². The van der Waals surface area contributed by atoms with Gasteiger partial charge in [-0.2, -0.15) is 0 Å². The number of rotatable bonds is 14. The quantitative estimate of drug-likeness (QED) is 0.437. The summed E-state index contributed by atoms with van der Waals surface area (Å²) in [7, 11) is 1.62. The lowest BCUT2D eigenvalue weighted by atomic mass is 10.1. The molecule has 0 spiro atoms. The largest absolute Gasteiger partial charge is 0.497 e. The average molecular weight is 441 g/mol. The molecule has 2 rings (SSSR count). The first-order valence-electron chi connectivity index (χ1n) is 11.5. The minimum Gasteiger partial charge on any atom is -0.497 e. The lowest BCUT2D eigenvalue weighted by molar-refractivity contribution is -0.141. The van der Waals surface area contributed by atoms with E-state index in [1.165, 1.54) is 0 Å². The molecule has 0 heterocycles. The maximum absolute atomic E-state index is 13.2. The molecule has 0 aliphatic carbocycles. The van der Waals surface area contributed by atoms with E-state index in [1.807, 2.05) is 61.5 Å². The van der Waals surface area contributed by atoms with E-state index < -0.39 is 6.04 Å². The fourth-order valence-electron chi connectivity index (χ4n) is 3.43. The van der Waals surface area contributed by atoms with Crippen molar-refractivity contribution in [2.75, 3.05) is 20.3 Å². The molecule has 0 bridgehead atoms. The molecule has 2 amide bonds. The number of carbonyl (C=O) groups excluding carboxylic acids is 2. The van der Waals surface area contributed by atoms with Gasteiger partial charge in [-0.05, 0) is 49.1 Å². The molecule has 0 aliphatic heterocycles. The summed E-state index contributed by atoms with van der Waals surface area (Å²) >= 11 is 0. The third-order valence-corrected chi connectivity index (χ3v) is 5.27. The van der Waals surface area contributed by atoms with Crippen molar-refractivity contribution in [3.05, 3.63) is 60.2 Å². The van der Waals surface area contributed by atoms with Gasteiger partial charge in [0.05, 0.1) is 13.7 Å². The number of unbranched alkanes of at least 4 members (excludes halogenated alkanes) is 1. The van der Waals surface area contributed by atoms with Crippen LogP contribution in [0, 0.1) is 0 Å². The molecule has 0 saturated carbocycles. The number of amides is 2. The summed E-state index contributed by atoms with van der Waals surface area (Å²) in [5.74, 6) is 1.39. The Morgan fingerprint density at radius 3 is 2.28 bits per heavy atom. The maximum Gasteiger partial charge on any atom is 0.242 e. The SMILES string of the molecule is CCCCNC(=O)C(CC)N(Cc1ccccc1)C(=O)CCCOc1ccc(OC)cc1. The lowest BCUT2D eigenvalue weighted by Crippen LogP contribution is -2.49. The van der Waals surface area contributed by atoms with Crippen LogP contribution in [0.5, 0.6) is 11.5 Å². The summed E-state index contributed by atoms with van der Waals surface area (Å²) in [4.78, 5) is 27.7. The van der Waals surface area contributed by atoms with Gasteiger partial charge in [0.15, 0.2) is 0 Å². The van der Waals surface area contributed by atoms with E-state index in [4.69, 9.17) is 9.47 Å². The van der Waals surface area contributed by atoms with Crippen LogP contribution in [0.1, 0.15) is 51.5 Å². The van der Waals surface area contributed by atoms with Gasteiger partial charge in [0.2, 0.25) is 11.8 Å². The Kier molecular flexibility index (Phi) is 11.1. The monoisotopic (exact) mass is 440 g/mol. The molecule has 174 valence electrons. The zero-order valence-electron chi connectivity index (χ0n) is 19.5. The fourth-order valence-corrected chi connectivity index (χ4v) is 3.43. The normalized spacial score (nSPS) is 11.5. The predicted molar refractivity (Wildman–Crippen MR) is 127 cm³/mol. The van der Waals surface area contributed by atoms with Crippen LogP contribution in [-0.4, -0.2) is 43.0 Å². The molecule has 6 heteroatoms. The van der Waals surface area contributed by atoms with Crippen LogP contribution >= 0.6 is 0 Å². The zero-order valence-corrected chi connectivity index (χ0v) is 19.5. The van der Waals surface area contributed by atoms with E-state index in [2.05, 4.69) is 12.2 Å². The Morgan fingerprint density at radius 1 is 0.969 bits per heavy atom. The number of methoxy groups -OCH3 is 1. The minimum atomic E-state index is -0.484. The Bertz CT molecular complexity index is 808. The van der Waals surface area contributed by atoms with Gasteiger partial charge in [0, 0.05) is 19.5 Å². The van der Waals surface area contributed by atoms with E-state index in [1.54, 1.807) is 12.0 Å². The Morgan fingerprint density at radius 2 is 1.66 bits per heavy atom. The zero-order chi connectivity index (χ0) is 23.2. The van der Waals surface area contributed by atoms with Crippen molar-refractivity contribution < 1.29 is 19.1 Å². The number of hydrogen-bond donors (Lipinski definition) is 1. The van der Waals surface area contributed by atoms with Crippen molar-refractivity contribution in [3.8, 4) is 11.5 Å². The summed E-state index contributed by atoms with van der Waals surface area (Å²) in [5, 5.41) is 2.99. The van der Waals surface area contributed by atoms with Crippen molar-refractivity contribution in [3.63, 3.8) is 0 Å². The summed E-state index contributed by atoms with van der Waals surface area (Å²) in [6.07, 6.45) is 3.40. The first-order chi connectivity index (χ1) is 15.6. The molecule has 32 heavy (non-hydrogen) atoms. The molecule has 1 N–H and O–H groups in total. The average Bonchev–Trinajstić information content (AvgIpc) is 2.82. The minimum absolute atomic E-state index is 0.0373. The third-order valence-electron chi connectivity index (χ3n) is 5.27. The van der Waals surface area contributed by atoms with Gasteiger partial charge in [-0.15, -0.1) is 0 Å². The van der Waals surface area contributed by atoms with Gasteiger partial charge in [-0.1, -0.05) is 50.6 Å². The summed E-state index contributed by atoms with van der Waals surface area (Å²) in [5.41, 5.74) is 1.01. The molecule has 0 radical (unpaired) electrons. The van der Waals surface area contributed by atoms with E-state index in [0.717, 1.165) is 29.9 Å². The molecule has 6 nitrogen and oxygen atoms in total. The van der Waals surface area contributed by atoms with E-state index >= 15 is 0 Å². The Labute approximate surface area is 191 Å². The third kappa shape index (κ3) is 8.25. The van der Waals surface area contributed by atoms with Gasteiger partial charge < -0.3 is 19.7 Å². The molecule has 1 atom stereocenters. The molecule has 0 fully saturated rings. The van der Waals surface area contributed by atoms with Crippen LogP contribution < -0.4 is 14.8 Å². The first-order valence-corrected chi connectivity index (χ1v) is 11.5. The highest BCUT2D eigenvalue weighted by atomic mass is 16.5. The number of carbonyl (C=O) groups is 2. The number of benzene rings is 2. The van der Waals surface area contributed by atoms with Crippen LogP contribution in [-0.2, 0) is 16.1 Å². The lowest BCUT2D eigenvalue weighted by Gasteiger charge is -2.30. The van der Waals surface area contributed by atoms with Gasteiger partial charge in [0.25, 0.3) is 0 Å². The van der Waals surface area contributed by atoms with Gasteiger partial charge in [-0.25, -0.2) is 0 Å². The molecule has 0 aliphatic rings. The van der Waals surface area contributed by atoms with Crippen molar-refractivity contribution in [1.82, 2.24) is 10.2 Å². The summed E-state index contributed by atoms with van der Waals surface area (Å²) in [6.45, 7) is 5.51. The van der Waals surface area contributed by atoms with E-state index in [-0.39, 0.29) is 11.8 Å². The highest BCUT2D eigenvalue weighted by Crippen LogP contribution is 2.18. The van der Waals surface area contributed by atoms with E-state index in [0.29, 0.717) is 39.0 Å². The van der Waals surface area contributed by atoms with Crippen LogP contribution in [0.15, 0.2) is 54.6 Å². The second-order valence-electron chi connectivity index (χ2n) is 7.70. The van der Waals surface area contributed by atoms with Crippen molar-refractivity contribution in [1.29, 1.82) is 0 Å². The Hall–Kier alpha value is -3.02. The maximum atomic E-state index is 13.2. The second kappa shape index (κ2) is 14.1. The van der Waals surface area contributed by atoms with Crippen LogP contribution in [0.25, 0.3) is 0 Å². The highest BCUT2D eigenvalue weighted by molar-refractivity contribution is 5.87. The van der Waals surface area contributed by atoms with Crippen molar-refractivity contribution in [2.24, 2.45) is 0 Å². The second-order valence-corrected chi connectivity index (χ2v) is 7.70. The molecule has 0 saturated heterocycles. The number of ether oxygens (including phenoxy) is 2. The van der Waals surface area contributed by atoms with Gasteiger partial charge in [0.1, 0.15) is 17.5 Å². The standard InChI is InChI=1S/C26H36N2O4/c1-4-6-18-27-26(30)24(5-2)28(20-21-11-8-7-9-12-21)25(29)13-10-19-32-23-16-14-22(31-3)15-17-23/h7-9,11-12,14-17,24H,4-6,10,13,18-20H2,1-3H3,(H,27,30). The van der Waals surface area contributed by atoms with Gasteiger partial charge >= 0.3 is 0 Å². The summed E-state index contributed by atoms with van der Waals surface area (Å²) < 4.78 is 10.9. The smallest absolute Gasteiger partial charge is 0.242 e. The molecule has 2 aromatic rings. The molecule has 2 aromatic carbocycles. The molecular weight excluding hydrogens is 404 g/mol. The van der Waals surface area contributed by atoms with Crippen molar-refractivity contribution in [2.45, 2.75) is 58.5 Å². The number of nitrogens with one attached hydrogen (secondary N) is 1. The Balaban J connectivity index is 1.97. The van der Waals surface area contributed by atoms with E-state index in [9.17, 15) is 9.59 Å². The predicted octanol–water partition coefficient (Wildman–Crippen LogP) is 4.58. The number of nitrogens with zero attached hydrogens (tertiary/aromatic N) is 1. The van der Waals surface area contributed by atoms with Crippen LogP contribution in [0.2, 0.25) is 0 Å². The molecule has 1 unspecified atom stereocenters. The highest BCUT2D eigenvalue weighted by Gasteiger charge is 2.28.